The van der Waals surface area contributed by atoms with Crippen LogP contribution in [-0.2, 0) is 11.4 Å². The van der Waals surface area contributed by atoms with Crippen molar-refractivity contribution in [1.82, 2.24) is 4.90 Å². The Labute approximate surface area is 250 Å². The SMILES string of the molecule is CCN1C(=O)/C(=C/c2cc(Cl)c(OCc3ccccc3C#N)c(OC)c2)SC1=Nc1ccc(N2CCCCC2)cc1. The number of piperidine rings is 1. The quantitative estimate of drug-likeness (QED) is 0.256. The fourth-order valence-corrected chi connectivity index (χ4v) is 6.23. The minimum absolute atomic E-state index is 0.107. The number of benzene rings is 3. The van der Waals surface area contributed by atoms with E-state index in [2.05, 4.69) is 23.1 Å². The second-order valence-electron chi connectivity index (χ2n) is 9.71. The molecule has 210 valence electrons. The molecule has 9 heteroatoms. The molecule has 7 nitrogen and oxygen atoms in total. The third kappa shape index (κ3) is 6.53. The number of aliphatic imine (C=N–C) groups is 1. The number of anilines is 1. The average Bonchev–Trinajstić information content (AvgIpc) is 3.30. The van der Waals surface area contributed by atoms with Gasteiger partial charge in [-0.25, -0.2) is 4.99 Å². The predicted molar refractivity (Wildman–Crippen MR) is 166 cm³/mol. The third-order valence-corrected chi connectivity index (χ3v) is 8.35. The molecule has 0 unspecified atom stereocenters. The van der Waals surface area contributed by atoms with E-state index in [1.54, 1.807) is 29.2 Å². The highest BCUT2D eigenvalue weighted by Gasteiger charge is 2.32. The molecule has 0 spiro atoms. The summed E-state index contributed by atoms with van der Waals surface area (Å²) in [5.74, 6) is 0.703. The Bertz CT molecular complexity index is 1520. The molecule has 0 radical (unpaired) electrons. The van der Waals surface area contributed by atoms with Crippen molar-refractivity contribution in [3.63, 3.8) is 0 Å². The monoisotopic (exact) mass is 586 g/mol. The van der Waals surface area contributed by atoms with Crippen molar-refractivity contribution in [2.24, 2.45) is 4.99 Å². The minimum atomic E-state index is -0.107. The topological polar surface area (TPSA) is 78.2 Å². The summed E-state index contributed by atoms with van der Waals surface area (Å²) in [7, 11) is 1.54. The van der Waals surface area contributed by atoms with Gasteiger partial charge in [-0.05, 0) is 92.1 Å². The molecule has 0 N–H and O–H groups in total. The fraction of sp³-hybridized carbons (Fsp3) is 0.281. The lowest BCUT2D eigenvalue weighted by atomic mass is 10.1. The Morgan fingerprint density at radius 1 is 1.10 bits per heavy atom. The van der Waals surface area contributed by atoms with Crippen molar-refractivity contribution in [2.75, 3.05) is 31.6 Å². The van der Waals surface area contributed by atoms with Gasteiger partial charge in [-0.15, -0.1) is 0 Å². The number of hydrogen-bond donors (Lipinski definition) is 0. The molecule has 2 heterocycles. The van der Waals surface area contributed by atoms with Crippen LogP contribution in [0.1, 0.15) is 42.9 Å². The van der Waals surface area contributed by atoms with Gasteiger partial charge in [0.1, 0.15) is 6.61 Å². The first-order valence-electron chi connectivity index (χ1n) is 13.6. The van der Waals surface area contributed by atoms with Crippen molar-refractivity contribution < 1.29 is 14.3 Å². The summed E-state index contributed by atoms with van der Waals surface area (Å²) in [6, 6.07) is 21.2. The number of nitriles is 1. The fourth-order valence-electron chi connectivity index (χ4n) is 4.89. The maximum atomic E-state index is 13.3. The first-order chi connectivity index (χ1) is 20.0. The van der Waals surface area contributed by atoms with Crippen LogP contribution in [0.3, 0.4) is 0 Å². The molecule has 0 aliphatic carbocycles. The van der Waals surface area contributed by atoms with Crippen LogP contribution in [0.5, 0.6) is 11.5 Å². The second-order valence-corrected chi connectivity index (χ2v) is 11.1. The normalized spacial score (nSPS) is 17.3. The van der Waals surface area contributed by atoms with E-state index in [0.29, 0.717) is 44.3 Å². The first-order valence-corrected chi connectivity index (χ1v) is 14.8. The van der Waals surface area contributed by atoms with Crippen LogP contribution >= 0.6 is 23.4 Å². The number of carbonyl (C=O) groups excluding carboxylic acids is 1. The molecule has 1 amide bonds. The summed E-state index contributed by atoms with van der Waals surface area (Å²) >= 11 is 7.95. The van der Waals surface area contributed by atoms with E-state index in [1.165, 1.54) is 43.8 Å². The van der Waals surface area contributed by atoms with Crippen molar-refractivity contribution in [3.8, 4) is 17.6 Å². The van der Waals surface area contributed by atoms with Crippen molar-refractivity contribution in [1.29, 1.82) is 5.26 Å². The Morgan fingerprint density at radius 2 is 1.85 bits per heavy atom. The lowest BCUT2D eigenvalue weighted by Crippen LogP contribution is -2.29. The molecule has 3 aromatic carbocycles. The number of halogens is 1. The number of carbonyl (C=O) groups is 1. The number of nitrogens with zero attached hydrogens (tertiary/aromatic N) is 4. The molecule has 0 aromatic heterocycles. The number of methoxy groups -OCH3 is 1. The molecule has 3 aromatic rings. The number of ether oxygens (including phenoxy) is 2. The molecule has 5 rings (SSSR count). The van der Waals surface area contributed by atoms with Gasteiger partial charge in [0, 0.05) is 30.9 Å². The van der Waals surface area contributed by atoms with Crippen LogP contribution in [0.15, 0.2) is 70.6 Å². The zero-order chi connectivity index (χ0) is 28.8. The Balaban J connectivity index is 1.35. The number of amidine groups is 1. The standard InChI is InChI=1S/C32H31ClN4O3S/c1-3-37-31(38)29(41-32(37)35-25-11-13-26(14-12-25)36-15-7-4-8-16-36)19-22-17-27(33)30(28(18-22)39-2)40-21-24-10-6-5-9-23(24)20-34/h5-6,9-14,17-19H,3-4,7-8,15-16,21H2,1-2H3/b29-19-,35-32?. The van der Waals surface area contributed by atoms with E-state index >= 15 is 0 Å². The van der Waals surface area contributed by atoms with Crippen LogP contribution in [-0.4, -0.2) is 42.7 Å². The molecule has 0 bridgehead atoms. The maximum Gasteiger partial charge on any atom is 0.266 e. The van der Waals surface area contributed by atoms with E-state index < -0.39 is 0 Å². The third-order valence-electron chi connectivity index (χ3n) is 7.06. The van der Waals surface area contributed by atoms with Crippen LogP contribution in [0.4, 0.5) is 11.4 Å². The minimum Gasteiger partial charge on any atom is -0.493 e. The summed E-state index contributed by atoms with van der Waals surface area (Å²) in [6.07, 6.45) is 5.55. The van der Waals surface area contributed by atoms with E-state index in [4.69, 9.17) is 26.1 Å². The van der Waals surface area contributed by atoms with Crippen molar-refractivity contribution >= 4 is 51.9 Å². The summed E-state index contributed by atoms with van der Waals surface area (Å²) in [5.41, 5.74) is 4.02. The average molecular weight is 587 g/mol. The molecular formula is C32H31ClN4O3S. The highest BCUT2D eigenvalue weighted by Crippen LogP contribution is 2.40. The smallest absolute Gasteiger partial charge is 0.266 e. The summed E-state index contributed by atoms with van der Waals surface area (Å²) in [5, 5.41) is 10.3. The molecule has 0 saturated carbocycles. The van der Waals surface area contributed by atoms with Crippen LogP contribution in [0.2, 0.25) is 5.02 Å². The van der Waals surface area contributed by atoms with E-state index in [-0.39, 0.29) is 12.5 Å². The summed E-state index contributed by atoms with van der Waals surface area (Å²) < 4.78 is 11.5. The largest absolute Gasteiger partial charge is 0.493 e. The van der Waals surface area contributed by atoms with Crippen molar-refractivity contribution in [2.45, 2.75) is 32.8 Å². The number of thioether (sulfide) groups is 1. The van der Waals surface area contributed by atoms with Gasteiger partial charge < -0.3 is 14.4 Å². The lowest BCUT2D eigenvalue weighted by Gasteiger charge is -2.28. The van der Waals surface area contributed by atoms with E-state index in [0.717, 1.165) is 24.3 Å². The first kappa shape index (κ1) is 28.6. The van der Waals surface area contributed by atoms with E-state index in [9.17, 15) is 10.1 Å². The Kier molecular flexibility index (Phi) is 9.17. The van der Waals surface area contributed by atoms with Gasteiger partial charge in [-0.1, -0.05) is 29.8 Å². The van der Waals surface area contributed by atoms with Crippen LogP contribution in [0.25, 0.3) is 6.08 Å². The highest BCUT2D eigenvalue weighted by atomic mass is 35.5. The van der Waals surface area contributed by atoms with Crippen LogP contribution in [0, 0.1) is 11.3 Å². The zero-order valence-electron chi connectivity index (χ0n) is 23.1. The number of likely N-dealkylation sites (N-methyl/N-ethyl adjacent to an activating group) is 1. The Morgan fingerprint density at radius 3 is 2.56 bits per heavy atom. The molecule has 0 atom stereocenters. The maximum absolute atomic E-state index is 13.3. The van der Waals surface area contributed by atoms with Gasteiger partial charge >= 0.3 is 0 Å². The summed E-state index contributed by atoms with van der Waals surface area (Å²) in [4.78, 5) is 22.7. The molecule has 2 fully saturated rings. The second kappa shape index (κ2) is 13.2. The van der Waals surface area contributed by atoms with Gasteiger partial charge in [-0.3, -0.25) is 9.69 Å². The number of amides is 1. The van der Waals surface area contributed by atoms with Gasteiger partial charge in [-0.2, -0.15) is 5.26 Å². The molecule has 2 aliphatic rings. The number of rotatable bonds is 8. The molecule has 41 heavy (non-hydrogen) atoms. The molecular weight excluding hydrogens is 556 g/mol. The zero-order valence-corrected chi connectivity index (χ0v) is 24.7. The van der Waals surface area contributed by atoms with Crippen LogP contribution < -0.4 is 14.4 Å². The number of hydrogen-bond acceptors (Lipinski definition) is 7. The highest BCUT2D eigenvalue weighted by molar-refractivity contribution is 8.18. The lowest BCUT2D eigenvalue weighted by molar-refractivity contribution is -0.122. The molecule has 2 saturated heterocycles. The Hall–Kier alpha value is -3.93. The van der Waals surface area contributed by atoms with Gasteiger partial charge in [0.25, 0.3) is 5.91 Å². The summed E-state index contributed by atoms with van der Waals surface area (Å²) in [6.45, 7) is 4.79. The molecule has 2 aliphatic heterocycles. The van der Waals surface area contributed by atoms with Gasteiger partial charge in [0.2, 0.25) is 0 Å². The van der Waals surface area contributed by atoms with Crippen molar-refractivity contribution in [3.05, 3.63) is 87.3 Å². The van der Waals surface area contributed by atoms with E-state index in [1.807, 2.05) is 37.3 Å². The van der Waals surface area contributed by atoms with Gasteiger partial charge in [0.15, 0.2) is 16.7 Å². The predicted octanol–water partition coefficient (Wildman–Crippen LogP) is 7.41. The van der Waals surface area contributed by atoms with Gasteiger partial charge in [0.05, 0.1) is 34.4 Å².